The molecule has 0 saturated heterocycles. The Morgan fingerprint density at radius 1 is 0.875 bits per heavy atom. The summed E-state index contributed by atoms with van der Waals surface area (Å²) in [5, 5.41) is 18.2. The maximum atomic E-state index is 9.15. The third-order valence-electron chi connectivity index (χ3n) is 4.36. The average molecular weight is 326 g/mol. The van der Waals surface area contributed by atoms with Crippen molar-refractivity contribution >= 4 is 0 Å². The van der Waals surface area contributed by atoms with E-state index in [9.17, 15) is 0 Å². The third-order valence-corrected chi connectivity index (χ3v) is 4.36. The van der Waals surface area contributed by atoms with Crippen LogP contribution in [0.1, 0.15) is 66.5 Å². The zero-order chi connectivity index (χ0) is 18.8. The number of nitriles is 2. The van der Waals surface area contributed by atoms with Crippen LogP contribution in [0.2, 0.25) is 0 Å². The van der Waals surface area contributed by atoms with Crippen molar-refractivity contribution < 1.29 is 4.74 Å². The molecular weight excluding hydrogens is 296 g/mol. The molecule has 0 aliphatic carbocycles. The van der Waals surface area contributed by atoms with Crippen LogP contribution < -0.4 is 4.74 Å². The van der Waals surface area contributed by atoms with E-state index in [2.05, 4.69) is 61.5 Å². The Morgan fingerprint density at radius 3 is 1.79 bits per heavy atom. The van der Waals surface area contributed by atoms with Crippen LogP contribution in [0, 0.1) is 44.8 Å². The number of benzene rings is 1. The summed E-state index contributed by atoms with van der Waals surface area (Å²) < 4.78 is 6.02. The SMILES string of the molecule is CC(C)(C)C(C(C)(C)C)C(C)(C)COc1ccc(C#N)c(C#N)c1. The fraction of sp³-hybridized carbons (Fsp3) is 0.619. The zero-order valence-electron chi connectivity index (χ0n) is 16.3. The molecule has 0 aliphatic rings. The number of ether oxygens (including phenoxy) is 1. The summed E-state index contributed by atoms with van der Waals surface area (Å²) in [4.78, 5) is 0. The Kier molecular flexibility index (Phi) is 5.73. The maximum Gasteiger partial charge on any atom is 0.120 e. The van der Waals surface area contributed by atoms with Crippen molar-refractivity contribution in [2.45, 2.75) is 55.4 Å². The second-order valence-corrected chi connectivity index (χ2v) is 9.37. The highest BCUT2D eigenvalue weighted by molar-refractivity contribution is 5.49. The van der Waals surface area contributed by atoms with Gasteiger partial charge in [0, 0.05) is 5.41 Å². The smallest absolute Gasteiger partial charge is 0.120 e. The molecule has 0 unspecified atom stereocenters. The molecule has 24 heavy (non-hydrogen) atoms. The molecule has 3 heteroatoms. The van der Waals surface area contributed by atoms with Gasteiger partial charge in [0.1, 0.15) is 17.9 Å². The minimum Gasteiger partial charge on any atom is -0.493 e. The standard InChI is InChI=1S/C21H30N2O/c1-19(2,3)18(20(4,5)6)21(7,8)14-24-17-10-9-15(12-22)16(11-17)13-23/h9-11,18H,14H2,1-8H3. The Hall–Kier alpha value is -2.00. The lowest BCUT2D eigenvalue weighted by Gasteiger charge is -2.50. The average Bonchev–Trinajstić information content (AvgIpc) is 2.41. The molecule has 0 aromatic heterocycles. The highest BCUT2D eigenvalue weighted by atomic mass is 16.5. The monoisotopic (exact) mass is 326 g/mol. The van der Waals surface area contributed by atoms with Crippen molar-refractivity contribution in [3.8, 4) is 17.9 Å². The highest BCUT2D eigenvalue weighted by Crippen LogP contribution is 2.50. The first-order chi connectivity index (χ1) is 10.8. The molecule has 1 aromatic rings. The molecule has 1 aromatic carbocycles. The lowest BCUT2D eigenvalue weighted by molar-refractivity contribution is -0.0333. The summed E-state index contributed by atoms with van der Waals surface area (Å²) in [6, 6.07) is 9.14. The number of nitrogens with zero attached hydrogens (tertiary/aromatic N) is 2. The molecule has 0 fully saturated rings. The van der Waals surface area contributed by atoms with E-state index in [-0.39, 0.29) is 16.2 Å². The number of rotatable bonds is 4. The first-order valence-corrected chi connectivity index (χ1v) is 8.40. The minimum atomic E-state index is -0.0444. The molecule has 0 amide bonds. The lowest BCUT2D eigenvalue weighted by Crippen LogP contribution is -2.46. The van der Waals surface area contributed by atoms with Crippen LogP contribution in [0.15, 0.2) is 18.2 Å². The van der Waals surface area contributed by atoms with Crippen molar-refractivity contribution in [1.82, 2.24) is 0 Å². The quantitative estimate of drug-likeness (QED) is 0.729. The summed E-state index contributed by atoms with van der Waals surface area (Å²) >= 11 is 0. The first-order valence-electron chi connectivity index (χ1n) is 8.40. The van der Waals surface area contributed by atoms with Crippen molar-refractivity contribution in [3.63, 3.8) is 0 Å². The van der Waals surface area contributed by atoms with E-state index < -0.39 is 0 Å². The topological polar surface area (TPSA) is 56.8 Å². The van der Waals surface area contributed by atoms with Crippen molar-refractivity contribution in [1.29, 1.82) is 10.5 Å². The molecule has 0 atom stereocenters. The number of hydrogen-bond acceptors (Lipinski definition) is 3. The van der Waals surface area contributed by atoms with Gasteiger partial charge in [-0.3, -0.25) is 0 Å². The van der Waals surface area contributed by atoms with Gasteiger partial charge in [-0.2, -0.15) is 10.5 Å². The predicted molar refractivity (Wildman–Crippen MR) is 97.5 cm³/mol. The van der Waals surface area contributed by atoms with Gasteiger partial charge in [-0.25, -0.2) is 0 Å². The summed E-state index contributed by atoms with van der Waals surface area (Å²) in [7, 11) is 0. The summed E-state index contributed by atoms with van der Waals surface area (Å²) in [6.07, 6.45) is 0. The summed E-state index contributed by atoms with van der Waals surface area (Å²) in [5.41, 5.74) is 0.987. The molecular formula is C21H30N2O. The van der Waals surface area contributed by atoms with Crippen LogP contribution in [0.25, 0.3) is 0 Å². The molecule has 3 nitrogen and oxygen atoms in total. The Morgan fingerprint density at radius 2 is 1.38 bits per heavy atom. The van der Waals surface area contributed by atoms with Gasteiger partial charge in [0.25, 0.3) is 0 Å². The van der Waals surface area contributed by atoms with Crippen LogP contribution in [0.5, 0.6) is 5.75 Å². The predicted octanol–water partition coefficient (Wildman–Crippen LogP) is 5.54. The van der Waals surface area contributed by atoms with Gasteiger partial charge in [0.05, 0.1) is 17.7 Å². The fourth-order valence-corrected chi connectivity index (χ4v) is 4.80. The molecule has 0 saturated carbocycles. The van der Waals surface area contributed by atoms with Crippen LogP contribution >= 0.6 is 0 Å². The van der Waals surface area contributed by atoms with Gasteiger partial charge in [-0.1, -0.05) is 55.4 Å². The zero-order valence-corrected chi connectivity index (χ0v) is 16.3. The highest BCUT2D eigenvalue weighted by Gasteiger charge is 2.45. The molecule has 0 aliphatic heterocycles. The van der Waals surface area contributed by atoms with Crippen molar-refractivity contribution in [2.75, 3.05) is 6.61 Å². The lowest BCUT2D eigenvalue weighted by atomic mass is 9.56. The van der Waals surface area contributed by atoms with E-state index in [1.54, 1.807) is 18.2 Å². The largest absolute Gasteiger partial charge is 0.493 e. The Balaban J connectivity index is 3.04. The normalized spacial score (nSPS) is 12.6. The molecule has 0 heterocycles. The Bertz CT molecular complexity index is 647. The molecule has 0 radical (unpaired) electrons. The second-order valence-electron chi connectivity index (χ2n) is 9.37. The van der Waals surface area contributed by atoms with E-state index in [1.807, 2.05) is 6.07 Å². The van der Waals surface area contributed by atoms with Crippen molar-refractivity contribution in [3.05, 3.63) is 29.3 Å². The van der Waals surface area contributed by atoms with Gasteiger partial charge in [-0.05, 0) is 34.9 Å². The molecule has 130 valence electrons. The van der Waals surface area contributed by atoms with Crippen molar-refractivity contribution in [2.24, 2.45) is 22.2 Å². The molecule has 0 N–H and O–H groups in total. The third kappa shape index (κ3) is 4.75. The van der Waals surface area contributed by atoms with E-state index in [4.69, 9.17) is 15.3 Å². The van der Waals surface area contributed by atoms with Gasteiger partial charge < -0.3 is 4.74 Å². The number of hydrogen-bond donors (Lipinski definition) is 0. The van der Waals surface area contributed by atoms with Crippen LogP contribution in [-0.2, 0) is 0 Å². The van der Waals surface area contributed by atoms with E-state index in [1.165, 1.54) is 0 Å². The summed E-state index contributed by atoms with van der Waals surface area (Å²) in [5.74, 6) is 1.08. The Labute approximate surface area is 147 Å². The van der Waals surface area contributed by atoms with Gasteiger partial charge in [-0.15, -0.1) is 0 Å². The van der Waals surface area contributed by atoms with Gasteiger partial charge >= 0.3 is 0 Å². The van der Waals surface area contributed by atoms with E-state index >= 15 is 0 Å². The van der Waals surface area contributed by atoms with Crippen LogP contribution in [0.3, 0.4) is 0 Å². The molecule has 0 bridgehead atoms. The minimum absolute atomic E-state index is 0.0444. The molecule has 0 spiro atoms. The van der Waals surface area contributed by atoms with Crippen LogP contribution in [0.4, 0.5) is 0 Å². The van der Waals surface area contributed by atoms with E-state index in [0.29, 0.717) is 29.4 Å². The van der Waals surface area contributed by atoms with E-state index in [0.717, 1.165) is 0 Å². The maximum absolute atomic E-state index is 9.15. The van der Waals surface area contributed by atoms with Gasteiger partial charge in [0.2, 0.25) is 0 Å². The first kappa shape index (κ1) is 20.0. The van der Waals surface area contributed by atoms with Gasteiger partial charge in [0.15, 0.2) is 0 Å². The summed E-state index contributed by atoms with van der Waals surface area (Å²) in [6.45, 7) is 18.7. The molecule has 1 rings (SSSR count). The van der Waals surface area contributed by atoms with Crippen LogP contribution in [-0.4, -0.2) is 6.61 Å². The second kappa shape index (κ2) is 6.86. The fourth-order valence-electron chi connectivity index (χ4n) is 4.80.